The van der Waals surface area contributed by atoms with Crippen molar-refractivity contribution in [2.24, 2.45) is 0 Å². The molecule has 1 amide bonds. The molecule has 1 unspecified atom stereocenters. The van der Waals surface area contributed by atoms with E-state index in [-0.39, 0.29) is 28.2 Å². The van der Waals surface area contributed by atoms with Crippen LogP contribution in [0.1, 0.15) is 48.0 Å². The van der Waals surface area contributed by atoms with Crippen molar-refractivity contribution < 1.29 is 27.8 Å². The maximum atomic E-state index is 14.0. The summed E-state index contributed by atoms with van der Waals surface area (Å²) in [6.07, 6.45) is 0.845. The lowest BCUT2D eigenvalue weighted by atomic mass is 9.98. The number of amides is 1. The number of hydrogen-bond donors (Lipinski definition) is 0. The van der Waals surface area contributed by atoms with Crippen LogP contribution < -0.4 is 14.9 Å². The summed E-state index contributed by atoms with van der Waals surface area (Å²) in [5, 5.41) is 0.111. The van der Waals surface area contributed by atoms with Gasteiger partial charge in [0.05, 0.1) is 43.4 Å². The minimum absolute atomic E-state index is 0.000329. The number of benzene rings is 2. The summed E-state index contributed by atoms with van der Waals surface area (Å²) < 4.78 is 37.1. The van der Waals surface area contributed by atoms with Crippen molar-refractivity contribution in [2.75, 3.05) is 52.6 Å². The van der Waals surface area contributed by atoms with E-state index >= 15 is 0 Å². The van der Waals surface area contributed by atoms with Crippen molar-refractivity contribution in [2.45, 2.75) is 26.3 Å². The molecule has 0 saturated carbocycles. The number of carbonyl (C=O) groups is 1. The molecule has 9 heteroatoms. The van der Waals surface area contributed by atoms with Crippen LogP contribution in [0.15, 0.2) is 45.6 Å². The smallest absolute Gasteiger partial charge is 0.290 e. The lowest BCUT2D eigenvalue weighted by Gasteiger charge is -2.31. The Morgan fingerprint density at radius 2 is 1.81 bits per heavy atom. The van der Waals surface area contributed by atoms with E-state index < -0.39 is 17.3 Å². The second-order valence-electron chi connectivity index (χ2n) is 9.16. The Balaban J connectivity index is 1.60. The number of morpholine rings is 1. The van der Waals surface area contributed by atoms with E-state index in [2.05, 4.69) is 4.90 Å². The first kappa shape index (κ1) is 25.2. The third kappa shape index (κ3) is 4.93. The summed E-state index contributed by atoms with van der Waals surface area (Å²) >= 11 is 0. The van der Waals surface area contributed by atoms with E-state index in [9.17, 15) is 14.0 Å². The summed E-state index contributed by atoms with van der Waals surface area (Å²) in [6, 6.07) is 8.53. The summed E-state index contributed by atoms with van der Waals surface area (Å²) in [6.45, 7) is 8.72. The number of fused-ring (bicyclic) bond motifs is 2. The van der Waals surface area contributed by atoms with Crippen LogP contribution in [0.2, 0.25) is 0 Å². The molecule has 1 aromatic heterocycles. The van der Waals surface area contributed by atoms with E-state index in [1.54, 1.807) is 11.0 Å². The quantitative estimate of drug-likeness (QED) is 0.431. The molecule has 2 aromatic carbocycles. The first-order valence-corrected chi connectivity index (χ1v) is 12.8. The summed E-state index contributed by atoms with van der Waals surface area (Å²) in [5.41, 5.74) is 0.692. The maximum Gasteiger partial charge on any atom is 0.290 e. The SMILES string of the molecule is CCCOc1ccc(C2c3c(oc4ccc(F)cc4c3=O)C(=O)N2CCN2CCOCC2)cc1OCC. The molecule has 37 heavy (non-hydrogen) atoms. The Bertz CT molecular complexity index is 1350. The van der Waals surface area contributed by atoms with Crippen molar-refractivity contribution in [3.63, 3.8) is 0 Å². The van der Waals surface area contributed by atoms with Gasteiger partial charge in [0.25, 0.3) is 5.91 Å². The molecule has 3 aromatic rings. The van der Waals surface area contributed by atoms with Gasteiger partial charge in [-0.05, 0) is 49.2 Å². The Morgan fingerprint density at radius 3 is 2.57 bits per heavy atom. The molecular formula is C28H31FN2O6. The van der Waals surface area contributed by atoms with Crippen LogP contribution in [-0.4, -0.2) is 68.3 Å². The Hall–Kier alpha value is -3.43. The Morgan fingerprint density at radius 1 is 1.00 bits per heavy atom. The monoisotopic (exact) mass is 510 g/mol. The van der Waals surface area contributed by atoms with Gasteiger partial charge in [-0.15, -0.1) is 0 Å². The zero-order valence-electron chi connectivity index (χ0n) is 21.1. The largest absolute Gasteiger partial charge is 0.490 e. The van der Waals surface area contributed by atoms with Gasteiger partial charge in [-0.1, -0.05) is 13.0 Å². The van der Waals surface area contributed by atoms with Gasteiger partial charge in [0.15, 0.2) is 16.9 Å². The highest BCUT2D eigenvalue weighted by Crippen LogP contribution is 2.41. The van der Waals surface area contributed by atoms with Gasteiger partial charge in [0.1, 0.15) is 11.4 Å². The Labute approximate surface area is 214 Å². The summed E-state index contributed by atoms with van der Waals surface area (Å²) in [5.74, 6) is 0.241. The number of hydrogen-bond acceptors (Lipinski definition) is 7. The van der Waals surface area contributed by atoms with E-state index in [0.29, 0.717) is 56.6 Å². The standard InChI is InChI=1S/C28H31FN2O6/c1-3-13-36-22-7-5-18(16-23(22)35-4-2)25-24-26(32)20-17-19(29)6-8-21(20)37-27(24)28(33)31(25)10-9-30-11-14-34-15-12-30/h5-8,16-17,25H,3-4,9-15H2,1-2H3. The average Bonchev–Trinajstić information content (AvgIpc) is 3.19. The first-order valence-electron chi connectivity index (χ1n) is 12.8. The molecule has 8 nitrogen and oxygen atoms in total. The molecule has 196 valence electrons. The van der Waals surface area contributed by atoms with Gasteiger partial charge in [0.2, 0.25) is 5.76 Å². The van der Waals surface area contributed by atoms with Crippen LogP contribution in [0.3, 0.4) is 0 Å². The number of rotatable bonds is 9. The lowest BCUT2D eigenvalue weighted by molar-refractivity contribution is 0.0314. The van der Waals surface area contributed by atoms with Crippen LogP contribution in [0.5, 0.6) is 11.5 Å². The van der Waals surface area contributed by atoms with Gasteiger partial charge >= 0.3 is 0 Å². The fourth-order valence-electron chi connectivity index (χ4n) is 4.94. The summed E-state index contributed by atoms with van der Waals surface area (Å²) in [7, 11) is 0. The molecule has 0 N–H and O–H groups in total. The van der Waals surface area contributed by atoms with Crippen LogP contribution in [-0.2, 0) is 4.74 Å². The van der Waals surface area contributed by atoms with E-state index in [1.807, 2.05) is 26.0 Å². The van der Waals surface area contributed by atoms with Crippen LogP contribution >= 0.6 is 0 Å². The summed E-state index contributed by atoms with van der Waals surface area (Å²) in [4.78, 5) is 31.2. The number of nitrogens with zero attached hydrogens (tertiary/aromatic N) is 2. The average molecular weight is 511 g/mol. The van der Waals surface area contributed by atoms with Crippen molar-refractivity contribution in [3.05, 3.63) is 69.3 Å². The molecule has 5 rings (SSSR count). The van der Waals surface area contributed by atoms with Crippen LogP contribution in [0, 0.1) is 5.82 Å². The third-order valence-corrected chi connectivity index (χ3v) is 6.73. The highest BCUT2D eigenvalue weighted by molar-refractivity contribution is 5.99. The van der Waals surface area contributed by atoms with Crippen molar-refractivity contribution in [3.8, 4) is 11.5 Å². The van der Waals surface area contributed by atoms with E-state index in [1.165, 1.54) is 12.1 Å². The molecule has 0 radical (unpaired) electrons. The molecule has 2 aliphatic rings. The van der Waals surface area contributed by atoms with Gasteiger partial charge in [-0.25, -0.2) is 4.39 Å². The second kappa shape index (κ2) is 10.9. The van der Waals surface area contributed by atoms with Crippen molar-refractivity contribution in [1.82, 2.24) is 9.80 Å². The molecular weight excluding hydrogens is 479 g/mol. The fourth-order valence-corrected chi connectivity index (χ4v) is 4.94. The molecule has 1 atom stereocenters. The zero-order valence-corrected chi connectivity index (χ0v) is 21.1. The van der Waals surface area contributed by atoms with Crippen LogP contribution in [0.4, 0.5) is 4.39 Å². The molecule has 1 saturated heterocycles. The highest BCUT2D eigenvalue weighted by Gasteiger charge is 2.43. The van der Waals surface area contributed by atoms with Gasteiger partial charge in [-0.3, -0.25) is 14.5 Å². The van der Waals surface area contributed by atoms with Gasteiger partial charge < -0.3 is 23.5 Å². The van der Waals surface area contributed by atoms with Crippen LogP contribution in [0.25, 0.3) is 11.0 Å². The first-order chi connectivity index (χ1) is 18.0. The molecule has 2 aliphatic heterocycles. The van der Waals surface area contributed by atoms with Crippen molar-refractivity contribution >= 4 is 16.9 Å². The predicted octanol–water partition coefficient (Wildman–Crippen LogP) is 4.00. The zero-order chi connectivity index (χ0) is 25.9. The van der Waals surface area contributed by atoms with Gasteiger partial charge in [0, 0.05) is 26.2 Å². The highest BCUT2D eigenvalue weighted by atomic mass is 19.1. The number of ether oxygens (including phenoxy) is 3. The van der Waals surface area contributed by atoms with Crippen molar-refractivity contribution in [1.29, 1.82) is 0 Å². The molecule has 0 aliphatic carbocycles. The Kier molecular flexibility index (Phi) is 7.43. The number of halogens is 1. The normalized spacial score (nSPS) is 17.9. The maximum absolute atomic E-state index is 14.0. The molecule has 0 spiro atoms. The van der Waals surface area contributed by atoms with E-state index in [4.69, 9.17) is 18.6 Å². The minimum Gasteiger partial charge on any atom is -0.490 e. The topological polar surface area (TPSA) is 81.5 Å². The molecule has 3 heterocycles. The molecule has 1 fully saturated rings. The fraction of sp³-hybridized carbons (Fsp3) is 0.429. The number of carbonyl (C=O) groups excluding carboxylic acids is 1. The van der Waals surface area contributed by atoms with Gasteiger partial charge in [-0.2, -0.15) is 0 Å². The van der Waals surface area contributed by atoms with E-state index in [0.717, 1.165) is 25.6 Å². The predicted molar refractivity (Wildman–Crippen MR) is 136 cm³/mol. The molecule has 0 bridgehead atoms. The lowest BCUT2D eigenvalue weighted by Crippen LogP contribution is -2.42. The minimum atomic E-state index is -0.702. The third-order valence-electron chi connectivity index (χ3n) is 6.73. The second-order valence-corrected chi connectivity index (χ2v) is 9.16.